The van der Waals surface area contributed by atoms with E-state index in [0.717, 1.165) is 0 Å². The van der Waals surface area contributed by atoms with E-state index in [1.54, 1.807) is 6.92 Å². The van der Waals surface area contributed by atoms with Gasteiger partial charge >= 0.3 is 6.01 Å². The number of nitrogens with zero attached hydrogens (tertiary/aromatic N) is 2. The predicted octanol–water partition coefficient (Wildman–Crippen LogP) is 1.04. The lowest BCUT2D eigenvalue weighted by atomic mass is 10.1. The number of nitrogens with one attached hydrogen (secondary N) is 1. The molecule has 1 atom stereocenters. The zero-order valence-corrected chi connectivity index (χ0v) is 11.8. The zero-order chi connectivity index (χ0) is 13.8. The molecule has 8 heteroatoms. The van der Waals surface area contributed by atoms with Crippen molar-refractivity contribution in [3.63, 3.8) is 0 Å². The topological polar surface area (TPSA) is 94.3 Å². The number of rotatable bonds is 7. The summed E-state index contributed by atoms with van der Waals surface area (Å²) in [6.45, 7) is 5.68. The largest absolute Gasteiger partial charge is 0.407 e. The molecule has 0 aliphatic heterocycles. The van der Waals surface area contributed by atoms with Crippen molar-refractivity contribution in [2.75, 3.05) is 17.6 Å². The molecule has 0 bridgehead atoms. The summed E-state index contributed by atoms with van der Waals surface area (Å²) in [6, 6.07) is -0.103. The van der Waals surface area contributed by atoms with Gasteiger partial charge in [-0.3, -0.25) is 0 Å². The van der Waals surface area contributed by atoms with Crippen LogP contribution >= 0.6 is 0 Å². The van der Waals surface area contributed by atoms with Gasteiger partial charge in [-0.1, -0.05) is 18.9 Å². The molecule has 0 amide bonds. The van der Waals surface area contributed by atoms with Crippen LogP contribution in [0.25, 0.3) is 0 Å². The molecule has 0 saturated heterocycles. The van der Waals surface area contributed by atoms with E-state index in [1.807, 2.05) is 13.8 Å². The second kappa shape index (κ2) is 6.14. The van der Waals surface area contributed by atoms with E-state index in [1.165, 1.54) is 7.11 Å². The van der Waals surface area contributed by atoms with Gasteiger partial charge in [0.1, 0.15) is 0 Å². The molecule has 0 radical (unpaired) electrons. The maximum atomic E-state index is 11.7. The molecule has 0 aromatic carbocycles. The minimum atomic E-state index is -3.53. The van der Waals surface area contributed by atoms with E-state index in [4.69, 9.17) is 9.15 Å². The van der Waals surface area contributed by atoms with Crippen LogP contribution in [0.3, 0.4) is 0 Å². The Hall–Kier alpha value is -1.15. The van der Waals surface area contributed by atoms with Crippen molar-refractivity contribution in [3.05, 3.63) is 5.89 Å². The van der Waals surface area contributed by atoms with Gasteiger partial charge in [-0.2, -0.15) is 0 Å². The van der Waals surface area contributed by atoms with E-state index >= 15 is 0 Å². The van der Waals surface area contributed by atoms with Crippen molar-refractivity contribution in [1.82, 2.24) is 10.2 Å². The van der Waals surface area contributed by atoms with E-state index in [9.17, 15) is 8.42 Å². The van der Waals surface area contributed by atoms with Crippen molar-refractivity contribution < 1.29 is 17.6 Å². The Kier molecular flexibility index (Phi) is 5.09. The highest BCUT2D eigenvalue weighted by atomic mass is 32.2. The lowest BCUT2D eigenvalue weighted by molar-refractivity contribution is 0.136. The average Bonchev–Trinajstić information content (AvgIpc) is 2.62. The third-order valence-corrected chi connectivity index (χ3v) is 3.54. The van der Waals surface area contributed by atoms with Crippen LogP contribution in [0.4, 0.5) is 6.01 Å². The molecular formula is C10H19N3O4S. The lowest BCUT2D eigenvalue weighted by Gasteiger charge is -2.09. The predicted molar refractivity (Wildman–Crippen MR) is 66.7 cm³/mol. The summed E-state index contributed by atoms with van der Waals surface area (Å²) in [7, 11) is -2.08. The summed E-state index contributed by atoms with van der Waals surface area (Å²) in [6.07, 6.45) is 0.212. The van der Waals surface area contributed by atoms with Gasteiger partial charge < -0.3 is 9.15 Å². The minimum absolute atomic E-state index is 0.103. The molecule has 18 heavy (non-hydrogen) atoms. The first-order chi connectivity index (χ1) is 8.32. The van der Waals surface area contributed by atoms with Gasteiger partial charge in [0.25, 0.3) is 0 Å². The first kappa shape index (κ1) is 14.9. The zero-order valence-electron chi connectivity index (χ0n) is 11.0. The van der Waals surface area contributed by atoms with Crippen LogP contribution in [0.2, 0.25) is 0 Å². The second-order valence-corrected chi connectivity index (χ2v) is 6.30. The molecule has 1 aromatic rings. The summed E-state index contributed by atoms with van der Waals surface area (Å²) in [5.74, 6) is 0.622. The number of hydrogen-bond donors (Lipinski definition) is 1. The molecule has 104 valence electrons. The Morgan fingerprint density at radius 2 is 2.00 bits per heavy atom. The number of anilines is 1. The first-order valence-corrected chi connectivity index (χ1v) is 7.33. The van der Waals surface area contributed by atoms with E-state index in [-0.39, 0.29) is 11.8 Å². The lowest BCUT2D eigenvalue weighted by Crippen LogP contribution is -2.25. The third kappa shape index (κ3) is 5.01. The molecule has 1 aromatic heterocycles. The smallest absolute Gasteiger partial charge is 0.329 e. The van der Waals surface area contributed by atoms with Crippen LogP contribution in [0, 0.1) is 5.92 Å². The van der Waals surface area contributed by atoms with Crippen molar-refractivity contribution in [2.24, 2.45) is 5.92 Å². The fourth-order valence-corrected chi connectivity index (χ4v) is 2.46. The van der Waals surface area contributed by atoms with Crippen LogP contribution < -0.4 is 4.72 Å². The van der Waals surface area contributed by atoms with E-state index in [0.29, 0.717) is 18.2 Å². The van der Waals surface area contributed by atoms with Gasteiger partial charge in [-0.15, -0.1) is 5.10 Å². The third-order valence-electron chi connectivity index (χ3n) is 2.15. The molecule has 0 aliphatic rings. The Labute approximate surface area is 107 Å². The average molecular weight is 277 g/mol. The van der Waals surface area contributed by atoms with Crippen molar-refractivity contribution in [1.29, 1.82) is 0 Å². The molecule has 0 fully saturated rings. The molecule has 0 saturated carbocycles. The normalized spacial score (nSPS) is 13.8. The fraction of sp³-hybridized carbons (Fsp3) is 0.800. The Morgan fingerprint density at radius 1 is 1.33 bits per heavy atom. The molecule has 0 spiro atoms. The van der Waals surface area contributed by atoms with E-state index < -0.39 is 16.1 Å². The van der Waals surface area contributed by atoms with Crippen LogP contribution in [0.5, 0.6) is 0 Å². The Balaban J connectivity index is 2.64. The molecule has 1 rings (SSSR count). The monoisotopic (exact) mass is 277 g/mol. The van der Waals surface area contributed by atoms with Gasteiger partial charge in [0.15, 0.2) is 0 Å². The van der Waals surface area contributed by atoms with Crippen molar-refractivity contribution in [3.8, 4) is 0 Å². The Morgan fingerprint density at radius 3 is 2.56 bits per heavy atom. The van der Waals surface area contributed by atoms with Gasteiger partial charge in [0.05, 0.1) is 11.9 Å². The molecule has 1 unspecified atom stereocenters. The fourth-order valence-electron chi connectivity index (χ4n) is 1.28. The SMILES string of the molecule is COC(C)CS(=O)(=O)Nc1nnc(CC(C)C)o1. The van der Waals surface area contributed by atoms with Crippen LogP contribution in [0.15, 0.2) is 4.42 Å². The molecule has 0 aliphatic carbocycles. The molecular weight excluding hydrogens is 258 g/mol. The van der Waals surface area contributed by atoms with E-state index in [2.05, 4.69) is 14.9 Å². The number of ether oxygens (including phenoxy) is 1. The van der Waals surface area contributed by atoms with Gasteiger partial charge in [-0.25, -0.2) is 13.1 Å². The van der Waals surface area contributed by atoms with Crippen molar-refractivity contribution >= 4 is 16.0 Å². The van der Waals surface area contributed by atoms with Gasteiger partial charge in [0, 0.05) is 13.5 Å². The summed E-state index contributed by atoms with van der Waals surface area (Å²) < 4.78 is 35.7. The number of sulfonamides is 1. The van der Waals surface area contributed by atoms with Crippen LogP contribution in [0.1, 0.15) is 26.7 Å². The van der Waals surface area contributed by atoms with Crippen LogP contribution in [-0.4, -0.2) is 37.6 Å². The highest BCUT2D eigenvalue weighted by Crippen LogP contribution is 2.12. The molecule has 1 heterocycles. The highest BCUT2D eigenvalue weighted by molar-refractivity contribution is 7.92. The number of hydrogen-bond acceptors (Lipinski definition) is 6. The maximum Gasteiger partial charge on any atom is 0.329 e. The summed E-state index contributed by atoms with van der Waals surface area (Å²) in [4.78, 5) is 0. The molecule has 1 N–H and O–H groups in total. The summed E-state index contributed by atoms with van der Waals surface area (Å²) in [5.41, 5.74) is 0. The van der Waals surface area contributed by atoms with Gasteiger partial charge in [0.2, 0.25) is 15.9 Å². The standard InChI is InChI=1S/C10H19N3O4S/c1-7(2)5-9-11-12-10(17-9)13-18(14,15)6-8(3)16-4/h7-8H,5-6H2,1-4H3,(H,12,13). The Bertz CT molecular complexity index is 469. The summed E-state index contributed by atoms with van der Waals surface area (Å²) in [5, 5.41) is 7.40. The van der Waals surface area contributed by atoms with Crippen molar-refractivity contribution in [2.45, 2.75) is 33.3 Å². The quantitative estimate of drug-likeness (QED) is 0.800. The maximum absolute atomic E-state index is 11.7. The molecule has 7 nitrogen and oxygen atoms in total. The minimum Gasteiger partial charge on any atom is -0.407 e. The highest BCUT2D eigenvalue weighted by Gasteiger charge is 2.18. The number of aromatic nitrogens is 2. The van der Waals surface area contributed by atoms with Gasteiger partial charge in [-0.05, 0) is 12.8 Å². The van der Waals surface area contributed by atoms with Crippen LogP contribution in [-0.2, 0) is 21.2 Å². The second-order valence-electron chi connectivity index (χ2n) is 4.53. The summed E-state index contributed by atoms with van der Waals surface area (Å²) >= 11 is 0. The first-order valence-electron chi connectivity index (χ1n) is 5.68. The number of methoxy groups -OCH3 is 1.